The number of methoxy groups -OCH3 is 1. The number of likely N-dealkylation sites (tertiary alicyclic amines) is 1. The molecule has 1 saturated heterocycles. The molecule has 3 heterocycles. The summed E-state index contributed by atoms with van der Waals surface area (Å²) >= 11 is 1.40. The first-order valence-corrected chi connectivity index (χ1v) is 8.26. The van der Waals surface area contributed by atoms with Gasteiger partial charge in [0.25, 0.3) is 5.56 Å². The third-order valence-corrected chi connectivity index (χ3v) is 4.96. The number of carbonyl (C=O) groups is 2. The highest BCUT2D eigenvalue weighted by atomic mass is 32.1. The second kappa shape index (κ2) is 6.49. The van der Waals surface area contributed by atoms with Gasteiger partial charge < -0.3 is 9.64 Å². The average Bonchev–Trinajstić information content (AvgIpc) is 3.06. The van der Waals surface area contributed by atoms with E-state index in [1.807, 2.05) is 5.38 Å². The van der Waals surface area contributed by atoms with E-state index < -0.39 is 0 Å². The molecule has 7 nitrogen and oxygen atoms in total. The SMILES string of the molecule is COC(=O)C1CCN(C(=O)Cn2cnc3sccc3c2=O)CC1. The van der Waals surface area contributed by atoms with Crippen LogP contribution in [-0.2, 0) is 20.9 Å². The molecule has 0 bridgehead atoms. The number of piperidine rings is 1. The molecule has 1 fully saturated rings. The third kappa shape index (κ3) is 3.12. The molecule has 0 unspecified atom stereocenters. The number of rotatable bonds is 3. The second-order valence-electron chi connectivity index (χ2n) is 5.50. The van der Waals surface area contributed by atoms with E-state index in [0.29, 0.717) is 36.1 Å². The Morgan fingerprint density at radius 3 is 2.83 bits per heavy atom. The molecule has 0 atom stereocenters. The molecule has 2 aromatic heterocycles. The number of esters is 1. The Balaban J connectivity index is 1.66. The first kappa shape index (κ1) is 15.7. The van der Waals surface area contributed by atoms with Gasteiger partial charge >= 0.3 is 5.97 Å². The van der Waals surface area contributed by atoms with Gasteiger partial charge in [0, 0.05) is 13.1 Å². The predicted molar refractivity (Wildman–Crippen MR) is 85.2 cm³/mol. The van der Waals surface area contributed by atoms with Crippen molar-refractivity contribution in [1.29, 1.82) is 0 Å². The number of hydrogen-bond acceptors (Lipinski definition) is 6. The van der Waals surface area contributed by atoms with Crippen LogP contribution in [0.1, 0.15) is 12.8 Å². The summed E-state index contributed by atoms with van der Waals surface area (Å²) in [5, 5.41) is 2.35. The van der Waals surface area contributed by atoms with Gasteiger partial charge in [-0.3, -0.25) is 19.0 Å². The molecule has 0 spiro atoms. The zero-order valence-electron chi connectivity index (χ0n) is 12.7. The van der Waals surface area contributed by atoms with E-state index in [0.717, 1.165) is 0 Å². The van der Waals surface area contributed by atoms with Crippen molar-refractivity contribution in [1.82, 2.24) is 14.5 Å². The summed E-state index contributed by atoms with van der Waals surface area (Å²) in [4.78, 5) is 42.7. The number of fused-ring (bicyclic) bond motifs is 1. The highest BCUT2D eigenvalue weighted by molar-refractivity contribution is 7.16. The summed E-state index contributed by atoms with van der Waals surface area (Å²) < 4.78 is 6.07. The molecule has 122 valence electrons. The Bertz CT molecular complexity index is 789. The quantitative estimate of drug-likeness (QED) is 0.778. The fraction of sp³-hybridized carbons (Fsp3) is 0.467. The van der Waals surface area contributed by atoms with Crippen LogP contribution in [0, 0.1) is 5.92 Å². The minimum atomic E-state index is -0.222. The van der Waals surface area contributed by atoms with E-state index >= 15 is 0 Å². The molecule has 1 aliphatic rings. The molecule has 8 heteroatoms. The molecule has 0 N–H and O–H groups in total. The Morgan fingerprint density at radius 2 is 2.13 bits per heavy atom. The maximum Gasteiger partial charge on any atom is 0.308 e. The van der Waals surface area contributed by atoms with Crippen molar-refractivity contribution in [2.75, 3.05) is 20.2 Å². The lowest BCUT2D eigenvalue weighted by molar-refractivity contribution is -0.149. The first-order valence-electron chi connectivity index (χ1n) is 7.38. The van der Waals surface area contributed by atoms with Crippen LogP contribution in [0.25, 0.3) is 10.2 Å². The van der Waals surface area contributed by atoms with Crippen LogP contribution >= 0.6 is 11.3 Å². The Morgan fingerprint density at radius 1 is 1.39 bits per heavy atom. The first-order chi connectivity index (χ1) is 11.1. The molecule has 0 radical (unpaired) electrons. The number of amides is 1. The van der Waals surface area contributed by atoms with Gasteiger partial charge in [-0.25, -0.2) is 4.98 Å². The van der Waals surface area contributed by atoms with E-state index in [-0.39, 0.29) is 29.9 Å². The van der Waals surface area contributed by atoms with Crippen molar-refractivity contribution in [3.8, 4) is 0 Å². The second-order valence-corrected chi connectivity index (χ2v) is 6.39. The average molecular weight is 335 g/mol. The normalized spacial score (nSPS) is 15.8. The largest absolute Gasteiger partial charge is 0.469 e. The van der Waals surface area contributed by atoms with Crippen LogP contribution < -0.4 is 5.56 Å². The summed E-state index contributed by atoms with van der Waals surface area (Å²) in [7, 11) is 1.37. The van der Waals surface area contributed by atoms with Gasteiger partial charge in [-0.05, 0) is 24.3 Å². The fourth-order valence-corrected chi connectivity index (χ4v) is 3.51. The monoisotopic (exact) mass is 335 g/mol. The van der Waals surface area contributed by atoms with Gasteiger partial charge in [-0.1, -0.05) is 0 Å². The van der Waals surface area contributed by atoms with Gasteiger partial charge in [0.05, 0.1) is 24.7 Å². The van der Waals surface area contributed by atoms with E-state index in [1.54, 1.807) is 11.0 Å². The van der Waals surface area contributed by atoms with Crippen LogP contribution in [0.4, 0.5) is 0 Å². The summed E-state index contributed by atoms with van der Waals surface area (Å²) in [6.45, 7) is 0.976. The predicted octanol–water partition coefficient (Wildman–Crippen LogP) is 0.870. The minimum absolute atomic E-state index is 0.0273. The number of carbonyl (C=O) groups excluding carboxylic acids is 2. The lowest BCUT2D eigenvalue weighted by Crippen LogP contribution is -2.43. The standard InChI is InChI=1S/C15H17N3O4S/c1-22-15(21)10-2-5-17(6-3-10)12(19)8-18-9-16-13-11(14(18)20)4-7-23-13/h4,7,9-10H,2-3,5-6,8H2,1H3. The molecule has 0 aromatic carbocycles. The van der Waals surface area contributed by atoms with Gasteiger partial charge in [0.2, 0.25) is 5.91 Å². The minimum Gasteiger partial charge on any atom is -0.469 e. The van der Waals surface area contributed by atoms with Crippen LogP contribution in [0.2, 0.25) is 0 Å². The summed E-state index contributed by atoms with van der Waals surface area (Å²) in [5.74, 6) is -0.497. The van der Waals surface area contributed by atoms with E-state index in [9.17, 15) is 14.4 Å². The molecule has 2 aromatic rings. The summed E-state index contributed by atoms with van der Waals surface area (Å²) in [5.41, 5.74) is -0.200. The van der Waals surface area contributed by atoms with Crippen LogP contribution in [-0.4, -0.2) is 46.5 Å². The molecule has 0 aliphatic carbocycles. The number of aromatic nitrogens is 2. The third-order valence-electron chi connectivity index (χ3n) is 4.14. The van der Waals surface area contributed by atoms with Crippen LogP contribution in [0.3, 0.4) is 0 Å². The maximum atomic E-state index is 12.4. The summed E-state index contributed by atoms with van der Waals surface area (Å²) in [6, 6.07) is 1.72. The Kier molecular flexibility index (Phi) is 4.42. The number of nitrogens with zero attached hydrogens (tertiary/aromatic N) is 3. The van der Waals surface area contributed by atoms with Crippen LogP contribution in [0.5, 0.6) is 0 Å². The summed E-state index contributed by atoms with van der Waals surface area (Å²) in [6.07, 6.45) is 2.60. The van der Waals surface area contributed by atoms with Gasteiger partial charge in [0.1, 0.15) is 11.4 Å². The van der Waals surface area contributed by atoms with Crippen molar-refractivity contribution in [3.05, 3.63) is 28.1 Å². The molecule has 23 heavy (non-hydrogen) atoms. The van der Waals surface area contributed by atoms with Gasteiger partial charge in [-0.15, -0.1) is 11.3 Å². The lowest BCUT2D eigenvalue weighted by Gasteiger charge is -2.30. The Hall–Kier alpha value is -2.22. The van der Waals surface area contributed by atoms with Crippen LogP contribution in [0.15, 0.2) is 22.6 Å². The van der Waals surface area contributed by atoms with Gasteiger partial charge in [-0.2, -0.15) is 0 Å². The molecule has 1 amide bonds. The molecular formula is C15H17N3O4S. The topological polar surface area (TPSA) is 81.5 Å². The van der Waals surface area contributed by atoms with Crippen molar-refractivity contribution in [2.24, 2.45) is 5.92 Å². The molecule has 0 saturated carbocycles. The number of thiophene rings is 1. The van der Waals surface area contributed by atoms with E-state index in [2.05, 4.69) is 4.98 Å². The van der Waals surface area contributed by atoms with E-state index in [1.165, 1.54) is 29.3 Å². The smallest absolute Gasteiger partial charge is 0.308 e. The molecule has 1 aliphatic heterocycles. The van der Waals surface area contributed by atoms with Crippen molar-refractivity contribution in [3.63, 3.8) is 0 Å². The zero-order valence-corrected chi connectivity index (χ0v) is 13.5. The van der Waals surface area contributed by atoms with Crippen molar-refractivity contribution in [2.45, 2.75) is 19.4 Å². The lowest BCUT2D eigenvalue weighted by atomic mass is 9.97. The molecular weight excluding hydrogens is 318 g/mol. The maximum absolute atomic E-state index is 12.4. The number of ether oxygens (including phenoxy) is 1. The zero-order chi connectivity index (χ0) is 16.4. The van der Waals surface area contributed by atoms with E-state index in [4.69, 9.17) is 4.74 Å². The van der Waals surface area contributed by atoms with Crippen molar-refractivity contribution < 1.29 is 14.3 Å². The number of hydrogen-bond donors (Lipinski definition) is 0. The van der Waals surface area contributed by atoms with Crippen molar-refractivity contribution >= 4 is 33.4 Å². The Labute approximate surface area is 136 Å². The highest BCUT2D eigenvalue weighted by Gasteiger charge is 2.28. The highest BCUT2D eigenvalue weighted by Crippen LogP contribution is 2.19. The molecule has 3 rings (SSSR count). The fourth-order valence-electron chi connectivity index (χ4n) is 2.78. The van der Waals surface area contributed by atoms with Gasteiger partial charge in [0.15, 0.2) is 0 Å².